The van der Waals surface area contributed by atoms with Crippen molar-refractivity contribution in [2.24, 2.45) is 5.92 Å². The number of methoxy groups -OCH3 is 1. The van der Waals surface area contributed by atoms with E-state index in [9.17, 15) is 9.59 Å². The lowest BCUT2D eigenvalue weighted by atomic mass is 9.95. The van der Waals surface area contributed by atoms with E-state index >= 15 is 0 Å². The first-order valence-electron chi connectivity index (χ1n) is 6.65. The smallest absolute Gasteiger partial charge is 0.308 e. The summed E-state index contributed by atoms with van der Waals surface area (Å²) in [5.41, 5.74) is 0.940. The van der Waals surface area contributed by atoms with Crippen molar-refractivity contribution in [2.75, 3.05) is 13.7 Å². The Bertz CT molecular complexity index is 357. The van der Waals surface area contributed by atoms with E-state index in [-0.39, 0.29) is 24.4 Å². The first-order valence-corrected chi connectivity index (χ1v) is 6.65. The van der Waals surface area contributed by atoms with E-state index in [0.29, 0.717) is 19.4 Å². The van der Waals surface area contributed by atoms with E-state index in [2.05, 4.69) is 13.2 Å². The Morgan fingerprint density at radius 1 is 1.35 bits per heavy atom. The fourth-order valence-electron chi connectivity index (χ4n) is 1.80. The number of hydrogen-bond donors (Lipinski definition) is 0. The van der Waals surface area contributed by atoms with E-state index in [0.717, 1.165) is 11.9 Å². The molecule has 0 N–H and O–H groups in total. The highest BCUT2D eigenvalue weighted by molar-refractivity contribution is 5.69. The van der Waals surface area contributed by atoms with Gasteiger partial charge in [-0.2, -0.15) is 0 Å². The zero-order chi connectivity index (χ0) is 15.4. The van der Waals surface area contributed by atoms with Crippen molar-refractivity contribution in [1.29, 1.82) is 0 Å². The van der Waals surface area contributed by atoms with Gasteiger partial charge in [-0.3, -0.25) is 4.79 Å². The van der Waals surface area contributed by atoms with Crippen molar-refractivity contribution in [3.8, 4) is 0 Å². The molecule has 20 heavy (non-hydrogen) atoms. The molecule has 4 nitrogen and oxygen atoms in total. The van der Waals surface area contributed by atoms with Crippen LogP contribution in [0.2, 0.25) is 0 Å². The number of carbonyl (C=O) groups excluding carboxylic acids is 2. The second kappa shape index (κ2) is 11.2. The van der Waals surface area contributed by atoms with Crippen LogP contribution < -0.4 is 0 Å². The molecule has 4 heteroatoms. The van der Waals surface area contributed by atoms with Gasteiger partial charge in [-0.15, -0.1) is 0 Å². The van der Waals surface area contributed by atoms with E-state index in [4.69, 9.17) is 9.47 Å². The lowest BCUT2D eigenvalue weighted by molar-refractivity contribution is -0.150. The lowest BCUT2D eigenvalue weighted by Crippen LogP contribution is -2.20. The molecule has 0 bridgehead atoms. The molecule has 0 saturated carbocycles. The van der Waals surface area contributed by atoms with Crippen LogP contribution in [0.1, 0.15) is 26.2 Å². The Balaban J connectivity index is 4.31. The van der Waals surface area contributed by atoms with Crippen LogP contribution in [-0.4, -0.2) is 32.1 Å². The number of carbonyl (C=O) groups is 2. The van der Waals surface area contributed by atoms with Crippen molar-refractivity contribution in [1.82, 2.24) is 0 Å². The molecule has 0 saturated heterocycles. The van der Waals surface area contributed by atoms with Gasteiger partial charge in [0.05, 0.1) is 19.1 Å². The summed E-state index contributed by atoms with van der Waals surface area (Å²) in [5.74, 6) is -0.515. The van der Waals surface area contributed by atoms with Gasteiger partial charge in [0.2, 0.25) is 0 Å². The molecule has 0 aromatic carbocycles. The molecule has 0 aromatic heterocycles. The fraction of sp³-hybridized carbons (Fsp3) is 0.500. The molecule has 0 aliphatic rings. The Morgan fingerprint density at radius 2 is 2.05 bits per heavy atom. The molecule has 112 valence electrons. The highest BCUT2D eigenvalue weighted by Gasteiger charge is 2.16. The third kappa shape index (κ3) is 8.43. The predicted octanol–water partition coefficient (Wildman–Crippen LogP) is 2.85. The number of aldehydes is 1. The van der Waals surface area contributed by atoms with Gasteiger partial charge in [-0.05, 0) is 25.3 Å². The van der Waals surface area contributed by atoms with Crippen molar-refractivity contribution in [2.45, 2.75) is 32.3 Å². The minimum Gasteiger partial charge on any atom is -0.463 e. The van der Waals surface area contributed by atoms with E-state index in [1.807, 2.05) is 6.08 Å². The highest BCUT2D eigenvalue weighted by atomic mass is 16.5. The fourth-order valence-corrected chi connectivity index (χ4v) is 1.80. The van der Waals surface area contributed by atoms with Crippen molar-refractivity contribution >= 4 is 12.3 Å². The largest absolute Gasteiger partial charge is 0.463 e. The zero-order valence-electron chi connectivity index (χ0n) is 12.3. The van der Waals surface area contributed by atoms with Gasteiger partial charge in [0.15, 0.2) is 0 Å². The highest BCUT2D eigenvalue weighted by Crippen LogP contribution is 2.18. The number of rotatable bonds is 11. The molecule has 0 rings (SSSR count). The third-order valence-electron chi connectivity index (χ3n) is 2.76. The Labute approximate surface area is 121 Å². The molecule has 2 atom stereocenters. The average molecular weight is 280 g/mol. The van der Waals surface area contributed by atoms with Crippen LogP contribution in [0.15, 0.2) is 37.0 Å². The molecule has 0 aromatic rings. The lowest BCUT2D eigenvalue weighted by Gasteiger charge is -2.17. The van der Waals surface area contributed by atoms with Crippen LogP contribution in [0, 0.1) is 5.92 Å². The maximum atomic E-state index is 11.4. The summed E-state index contributed by atoms with van der Waals surface area (Å²) >= 11 is 0. The molecule has 0 spiro atoms. The number of ether oxygens (including phenoxy) is 2. The normalized spacial score (nSPS) is 14.2. The molecule has 0 aliphatic heterocycles. The van der Waals surface area contributed by atoms with Crippen LogP contribution in [0.25, 0.3) is 0 Å². The summed E-state index contributed by atoms with van der Waals surface area (Å²) in [5, 5.41) is 0. The molecule has 0 radical (unpaired) electrons. The molecular weight excluding hydrogens is 256 g/mol. The second-order valence-electron chi connectivity index (χ2n) is 4.56. The number of hydrogen-bond acceptors (Lipinski definition) is 4. The maximum absolute atomic E-state index is 11.4. The Hall–Kier alpha value is -1.68. The minimum absolute atomic E-state index is 0.204. The van der Waals surface area contributed by atoms with Gasteiger partial charge in [0.25, 0.3) is 0 Å². The molecule has 0 unspecified atom stereocenters. The van der Waals surface area contributed by atoms with Gasteiger partial charge >= 0.3 is 5.97 Å². The van der Waals surface area contributed by atoms with Crippen LogP contribution >= 0.6 is 0 Å². The zero-order valence-corrected chi connectivity index (χ0v) is 12.3. The second-order valence-corrected chi connectivity index (χ2v) is 4.56. The van der Waals surface area contributed by atoms with Crippen molar-refractivity contribution < 1.29 is 19.1 Å². The standard InChI is InChI=1S/C16H24O4/c1-5-7-14(6-2)11-15(12-17)10-13(3)20-16(18)8-9-19-4/h5-7,12-13,15H,1-2,8-11H2,3-4H3/b14-7+/t13-,15-/m0/s1. The molecule has 0 aliphatic carbocycles. The molecule has 0 fully saturated rings. The summed E-state index contributed by atoms with van der Waals surface area (Å²) in [4.78, 5) is 22.5. The minimum atomic E-state index is -0.311. The first-order chi connectivity index (χ1) is 9.57. The van der Waals surface area contributed by atoms with Crippen molar-refractivity contribution in [3.63, 3.8) is 0 Å². The first kappa shape index (κ1) is 18.3. The summed E-state index contributed by atoms with van der Waals surface area (Å²) < 4.78 is 10.0. The summed E-state index contributed by atoms with van der Waals surface area (Å²) in [7, 11) is 1.53. The van der Waals surface area contributed by atoms with Gasteiger partial charge in [0.1, 0.15) is 6.29 Å². The van der Waals surface area contributed by atoms with Gasteiger partial charge in [-0.1, -0.05) is 31.4 Å². The third-order valence-corrected chi connectivity index (χ3v) is 2.76. The summed E-state index contributed by atoms with van der Waals surface area (Å²) in [6.45, 7) is 9.44. The molecular formula is C16H24O4. The Kier molecular flexibility index (Phi) is 10.2. The van der Waals surface area contributed by atoms with Crippen LogP contribution in [0.5, 0.6) is 0 Å². The Morgan fingerprint density at radius 3 is 2.55 bits per heavy atom. The summed E-state index contributed by atoms with van der Waals surface area (Å²) in [6.07, 6.45) is 7.05. The van der Waals surface area contributed by atoms with Crippen LogP contribution in [0.3, 0.4) is 0 Å². The van der Waals surface area contributed by atoms with Crippen LogP contribution in [-0.2, 0) is 19.1 Å². The maximum Gasteiger partial charge on any atom is 0.308 e. The molecule has 0 amide bonds. The predicted molar refractivity (Wildman–Crippen MR) is 79.3 cm³/mol. The van der Waals surface area contributed by atoms with Crippen molar-refractivity contribution in [3.05, 3.63) is 37.0 Å². The van der Waals surface area contributed by atoms with E-state index in [1.54, 1.807) is 19.1 Å². The quantitative estimate of drug-likeness (QED) is 0.332. The summed E-state index contributed by atoms with van der Waals surface area (Å²) in [6, 6.07) is 0. The van der Waals surface area contributed by atoms with E-state index in [1.165, 1.54) is 7.11 Å². The number of esters is 1. The number of allylic oxidation sites excluding steroid dienone is 4. The van der Waals surface area contributed by atoms with Crippen LogP contribution in [0.4, 0.5) is 0 Å². The average Bonchev–Trinajstić information content (AvgIpc) is 2.43. The molecule has 0 heterocycles. The van der Waals surface area contributed by atoms with Gasteiger partial charge < -0.3 is 14.3 Å². The van der Waals surface area contributed by atoms with Gasteiger partial charge in [0, 0.05) is 13.0 Å². The van der Waals surface area contributed by atoms with Gasteiger partial charge in [-0.25, -0.2) is 0 Å². The topological polar surface area (TPSA) is 52.6 Å². The van der Waals surface area contributed by atoms with E-state index < -0.39 is 0 Å². The SMILES string of the molecule is C=C/C=C(\C=C)C[C@@H](C=O)C[C@H](C)OC(=O)CCOC. The monoisotopic (exact) mass is 280 g/mol.